The summed E-state index contributed by atoms with van der Waals surface area (Å²) in [6.07, 6.45) is -4.62. The van der Waals surface area contributed by atoms with Crippen LogP contribution in [0.3, 0.4) is 0 Å². The Balaban J connectivity index is 2.59. The van der Waals surface area contributed by atoms with E-state index in [1.165, 1.54) is 18.2 Å². The summed E-state index contributed by atoms with van der Waals surface area (Å²) in [5, 5.41) is -0.209. The van der Waals surface area contributed by atoms with Crippen LogP contribution in [0.4, 0.5) is 13.2 Å². The average molecular weight is 302 g/mol. The molecule has 0 aliphatic heterocycles. The molecular weight excluding hydrogens is 293 g/mol. The van der Waals surface area contributed by atoms with Crippen molar-refractivity contribution in [2.24, 2.45) is 0 Å². The summed E-state index contributed by atoms with van der Waals surface area (Å²) in [6.45, 7) is 0. The smallest absolute Gasteiger partial charge is 0.417 e. The van der Waals surface area contributed by atoms with E-state index in [1.54, 1.807) is 0 Å². The summed E-state index contributed by atoms with van der Waals surface area (Å²) in [4.78, 5) is 22.5. The lowest BCUT2D eigenvalue weighted by Gasteiger charge is -2.09. The zero-order chi connectivity index (χ0) is 14.9. The Hall–Kier alpha value is -1.76. The first-order valence-electron chi connectivity index (χ1n) is 5.58. The lowest BCUT2D eigenvalue weighted by Crippen LogP contribution is -2.11. The standard InChI is InChI=1S/C13H9F3O3S/c14-13(15,16)10-5-12(18)19-11-4-7(1-2-9(10)11)3-8(17)6-20/h1-2,4-5,20H,3,6H2. The van der Waals surface area contributed by atoms with Crippen LogP contribution in [-0.2, 0) is 17.4 Å². The number of hydrogen-bond acceptors (Lipinski definition) is 4. The molecule has 0 N–H and O–H groups in total. The van der Waals surface area contributed by atoms with Crippen molar-refractivity contribution in [1.29, 1.82) is 0 Å². The molecule has 0 aliphatic rings. The quantitative estimate of drug-likeness (QED) is 0.700. The van der Waals surface area contributed by atoms with Gasteiger partial charge in [-0.1, -0.05) is 12.1 Å². The van der Waals surface area contributed by atoms with Gasteiger partial charge in [-0.15, -0.1) is 0 Å². The van der Waals surface area contributed by atoms with E-state index in [9.17, 15) is 22.8 Å². The molecule has 2 rings (SSSR count). The summed E-state index contributed by atoms with van der Waals surface area (Å²) in [6, 6.07) is 4.29. The Labute approximate surface area is 116 Å². The molecule has 0 fully saturated rings. The number of benzene rings is 1. The highest BCUT2D eigenvalue weighted by atomic mass is 32.1. The van der Waals surface area contributed by atoms with E-state index in [1.807, 2.05) is 0 Å². The Morgan fingerprint density at radius 1 is 1.25 bits per heavy atom. The number of alkyl halides is 3. The van der Waals surface area contributed by atoms with Crippen LogP contribution in [0.5, 0.6) is 0 Å². The summed E-state index contributed by atoms with van der Waals surface area (Å²) >= 11 is 3.82. The van der Waals surface area contributed by atoms with Crippen molar-refractivity contribution >= 4 is 29.4 Å². The van der Waals surface area contributed by atoms with Crippen molar-refractivity contribution in [3.05, 3.63) is 45.8 Å². The second-order valence-corrected chi connectivity index (χ2v) is 4.50. The molecule has 0 atom stereocenters. The molecule has 0 unspecified atom stereocenters. The number of hydrogen-bond donors (Lipinski definition) is 1. The van der Waals surface area contributed by atoms with Crippen molar-refractivity contribution < 1.29 is 22.4 Å². The molecule has 0 saturated heterocycles. The van der Waals surface area contributed by atoms with E-state index in [2.05, 4.69) is 12.6 Å². The summed E-state index contributed by atoms with van der Waals surface area (Å²) in [5.74, 6) is -0.146. The van der Waals surface area contributed by atoms with Gasteiger partial charge in [-0.25, -0.2) is 4.79 Å². The maximum absolute atomic E-state index is 12.8. The SMILES string of the molecule is O=C(CS)Cc1ccc2c(C(F)(F)F)cc(=O)oc2c1. The van der Waals surface area contributed by atoms with E-state index in [4.69, 9.17) is 4.42 Å². The molecule has 1 heterocycles. The van der Waals surface area contributed by atoms with Gasteiger partial charge in [0.25, 0.3) is 0 Å². The highest BCUT2D eigenvalue weighted by Gasteiger charge is 2.33. The molecule has 0 aliphatic carbocycles. The van der Waals surface area contributed by atoms with Crippen LogP contribution in [0.2, 0.25) is 0 Å². The second-order valence-electron chi connectivity index (χ2n) is 4.18. The van der Waals surface area contributed by atoms with Gasteiger partial charge in [0.15, 0.2) is 0 Å². The van der Waals surface area contributed by atoms with Gasteiger partial charge in [-0.3, -0.25) is 4.79 Å². The lowest BCUT2D eigenvalue weighted by atomic mass is 10.0. The number of thiol groups is 1. The number of Topliss-reactive ketones (excluding diaryl/α,β-unsaturated/α-hetero) is 1. The molecule has 1 aromatic heterocycles. The summed E-state index contributed by atoms with van der Waals surface area (Å²) in [5.41, 5.74) is -1.84. The van der Waals surface area contributed by atoms with Gasteiger partial charge in [0.2, 0.25) is 0 Å². The molecular formula is C13H9F3O3S. The van der Waals surface area contributed by atoms with Crippen LogP contribution in [0, 0.1) is 0 Å². The number of carbonyl (C=O) groups excluding carboxylic acids is 1. The van der Waals surface area contributed by atoms with Crippen LogP contribution in [0.25, 0.3) is 11.0 Å². The van der Waals surface area contributed by atoms with Crippen molar-refractivity contribution in [1.82, 2.24) is 0 Å². The van der Waals surface area contributed by atoms with Gasteiger partial charge in [0.05, 0.1) is 5.56 Å². The Kier molecular flexibility index (Phi) is 3.89. The first-order chi connectivity index (χ1) is 9.31. The zero-order valence-corrected chi connectivity index (χ0v) is 10.9. The fourth-order valence-electron chi connectivity index (χ4n) is 1.84. The Morgan fingerprint density at radius 3 is 2.55 bits per heavy atom. The molecule has 106 valence electrons. The van der Waals surface area contributed by atoms with Gasteiger partial charge < -0.3 is 4.42 Å². The topological polar surface area (TPSA) is 47.3 Å². The fourth-order valence-corrected chi connectivity index (χ4v) is 1.95. The minimum absolute atomic E-state index is 0.0272. The maximum atomic E-state index is 12.8. The first-order valence-corrected chi connectivity index (χ1v) is 6.21. The second kappa shape index (κ2) is 5.32. The fraction of sp³-hybridized carbons (Fsp3) is 0.231. The van der Waals surface area contributed by atoms with Crippen molar-refractivity contribution in [2.45, 2.75) is 12.6 Å². The lowest BCUT2D eigenvalue weighted by molar-refractivity contribution is -0.136. The molecule has 0 radical (unpaired) electrons. The minimum atomic E-state index is -4.64. The van der Waals surface area contributed by atoms with E-state index < -0.39 is 17.4 Å². The molecule has 0 spiro atoms. The molecule has 1 aromatic carbocycles. The molecule has 0 amide bonds. The van der Waals surface area contributed by atoms with Gasteiger partial charge in [-0.2, -0.15) is 25.8 Å². The average Bonchev–Trinajstić information content (AvgIpc) is 2.36. The maximum Gasteiger partial charge on any atom is 0.417 e. The van der Waals surface area contributed by atoms with Gasteiger partial charge in [0, 0.05) is 23.6 Å². The molecule has 20 heavy (non-hydrogen) atoms. The largest absolute Gasteiger partial charge is 0.423 e. The van der Waals surface area contributed by atoms with Crippen molar-refractivity contribution in [2.75, 3.05) is 5.75 Å². The monoisotopic (exact) mass is 302 g/mol. The molecule has 3 nitrogen and oxygen atoms in total. The molecule has 0 saturated carbocycles. The number of ketones is 1. The van der Waals surface area contributed by atoms with E-state index >= 15 is 0 Å². The number of fused-ring (bicyclic) bond motifs is 1. The molecule has 7 heteroatoms. The first kappa shape index (κ1) is 14.6. The third-order valence-electron chi connectivity index (χ3n) is 2.69. The Bertz CT molecular complexity index is 719. The minimum Gasteiger partial charge on any atom is -0.423 e. The van der Waals surface area contributed by atoms with E-state index in [0.29, 0.717) is 11.6 Å². The highest BCUT2D eigenvalue weighted by Crippen LogP contribution is 2.33. The highest BCUT2D eigenvalue weighted by molar-refractivity contribution is 7.81. The van der Waals surface area contributed by atoms with E-state index in [0.717, 1.165) is 0 Å². The van der Waals surface area contributed by atoms with Crippen molar-refractivity contribution in [3.63, 3.8) is 0 Å². The molecule has 2 aromatic rings. The van der Waals surface area contributed by atoms with Crippen LogP contribution in [0.15, 0.2) is 33.5 Å². The predicted octanol–water partition coefficient (Wildman–Crippen LogP) is 2.85. The molecule has 0 bridgehead atoms. The van der Waals surface area contributed by atoms with Crippen LogP contribution in [0.1, 0.15) is 11.1 Å². The van der Waals surface area contributed by atoms with Crippen molar-refractivity contribution in [3.8, 4) is 0 Å². The number of carbonyl (C=O) groups is 1. The number of rotatable bonds is 3. The third kappa shape index (κ3) is 3.04. The summed E-state index contributed by atoms with van der Waals surface area (Å²) in [7, 11) is 0. The van der Waals surface area contributed by atoms with Crippen LogP contribution in [-0.4, -0.2) is 11.5 Å². The van der Waals surface area contributed by atoms with Crippen LogP contribution >= 0.6 is 12.6 Å². The van der Waals surface area contributed by atoms with Gasteiger partial charge >= 0.3 is 11.8 Å². The van der Waals surface area contributed by atoms with Gasteiger partial charge in [-0.05, 0) is 11.6 Å². The number of halogens is 3. The zero-order valence-electron chi connectivity index (χ0n) is 10.0. The normalized spacial score (nSPS) is 11.8. The van der Waals surface area contributed by atoms with Gasteiger partial charge in [0.1, 0.15) is 11.4 Å². The van der Waals surface area contributed by atoms with E-state index in [-0.39, 0.29) is 28.9 Å². The summed E-state index contributed by atoms with van der Waals surface area (Å²) < 4.78 is 43.2. The third-order valence-corrected chi connectivity index (χ3v) is 3.04. The van der Waals surface area contributed by atoms with Crippen LogP contribution < -0.4 is 5.63 Å². The Morgan fingerprint density at radius 2 is 1.95 bits per heavy atom. The predicted molar refractivity (Wildman–Crippen MR) is 70.1 cm³/mol.